The van der Waals surface area contributed by atoms with Crippen molar-refractivity contribution in [2.45, 2.75) is 35.7 Å². The Kier molecular flexibility index (Phi) is 5.37. The van der Waals surface area contributed by atoms with Crippen LogP contribution < -0.4 is 5.73 Å². The Labute approximate surface area is 115 Å². The lowest BCUT2D eigenvalue weighted by molar-refractivity contribution is -0.0328. The Morgan fingerprint density at radius 1 is 1.28 bits per heavy atom. The molecule has 0 bridgehead atoms. The largest absolute Gasteiger partial charge is 0.446 e. The highest BCUT2D eigenvalue weighted by molar-refractivity contribution is 8.00. The molecule has 0 aromatic heterocycles. The van der Waals surface area contributed by atoms with Crippen LogP contribution in [0.15, 0.2) is 29.2 Å². The number of hydrogen-bond donors (Lipinski definition) is 1. The molecule has 1 aromatic rings. The predicted molar refractivity (Wildman–Crippen MR) is 69.9 cm³/mol. The third-order valence-electron chi connectivity index (χ3n) is 2.83. The highest BCUT2D eigenvalue weighted by atomic mass is 35.5. The van der Waals surface area contributed by atoms with E-state index in [9.17, 15) is 13.2 Å². The summed E-state index contributed by atoms with van der Waals surface area (Å²) in [4.78, 5) is 0.230. The van der Waals surface area contributed by atoms with Crippen molar-refractivity contribution in [3.05, 3.63) is 29.8 Å². The minimum atomic E-state index is -4.25. The molecule has 0 amide bonds. The fraction of sp³-hybridized carbons (Fsp3) is 0.500. The van der Waals surface area contributed by atoms with Gasteiger partial charge in [-0.3, -0.25) is 0 Å². The van der Waals surface area contributed by atoms with E-state index in [0.29, 0.717) is 11.5 Å². The first-order chi connectivity index (χ1) is 7.96. The van der Waals surface area contributed by atoms with Crippen molar-refractivity contribution >= 4 is 24.2 Å². The molecule has 1 nitrogen and oxygen atoms in total. The summed E-state index contributed by atoms with van der Waals surface area (Å²) in [6.07, 6.45) is 3.10. The van der Waals surface area contributed by atoms with Crippen molar-refractivity contribution in [2.24, 2.45) is 11.7 Å². The number of nitrogens with two attached hydrogens (primary N) is 1. The van der Waals surface area contributed by atoms with Crippen LogP contribution in [0, 0.1) is 5.92 Å². The average Bonchev–Trinajstić information content (AvgIpc) is 3.00. The van der Waals surface area contributed by atoms with Crippen LogP contribution in [0.2, 0.25) is 0 Å². The summed E-state index contributed by atoms with van der Waals surface area (Å²) >= 11 is -0.0768. The lowest BCUT2D eigenvalue weighted by atomic mass is 10.0. The van der Waals surface area contributed by atoms with Crippen molar-refractivity contribution in [1.82, 2.24) is 0 Å². The molecule has 1 fully saturated rings. The van der Waals surface area contributed by atoms with E-state index in [1.54, 1.807) is 18.2 Å². The molecule has 0 spiro atoms. The molecule has 1 atom stereocenters. The van der Waals surface area contributed by atoms with Gasteiger partial charge in [0.05, 0.1) is 0 Å². The Hall–Kier alpha value is -0.390. The number of rotatable bonds is 4. The molecule has 0 aliphatic heterocycles. The maximum absolute atomic E-state index is 12.4. The topological polar surface area (TPSA) is 26.0 Å². The molecule has 0 unspecified atom stereocenters. The van der Waals surface area contributed by atoms with E-state index in [1.165, 1.54) is 6.07 Å². The van der Waals surface area contributed by atoms with Gasteiger partial charge in [-0.1, -0.05) is 31.0 Å². The van der Waals surface area contributed by atoms with E-state index >= 15 is 0 Å². The lowest BCUT2D eigenvalue weighted by Crippen LogP contribution is -2.13. The van der Waals surface area contributed by atoms with Gasteiger partial charge >= 0.3 is 5.51 Å². The van der Waals surface area contributed by atoms with Gasteiger partial charge in [-0.2, -0.15) is 13.2 Å². The maximum atomic E-state index is 12.4. The SMILES string of the molecule is Cl.N[C@@H](CC1CC1)c1ccccc1SC(F)(F)F. The Balaban J connectivity index is 0.00000162. The fourth-order valence-electron chi connectivity index (χ4n) is 1.84. The van der Waals surface area contributed by atoms with Gasteiger partial charge in [-0.05, 0) is 35.7 Å². The van der Waals surface area contributed by atoms with Gasteiger partial charge in [-0.15, -0.1) is 12.4 Å². The van der Waals surface area contributed by atoms with E-state index in [0.717, 1.165) is 19.3 Å². The van der Waals surface area contributed by atoms with Crippen LogP contribution in [0.3, 0.4) is 0 Å². The molecule has 0 radical (unpaired) electrons. The molecule has 0 heterocycles. The predicted octanol–water partition coefficient (Wildman–Crippen LogP) is 4.52. The van der Waals surface area contributed by atoms with E-state index in [-0.39, 0.29) is 35.1 Å². The third-order valence-corrected chi connectivity index (χ3v) is 3.65. The molecule has 2 N–H and O–H groups in total. The lowest BCUT2D eigenvalue weighted by Gasteiger charge is -2.16. The highest BCUT2D eigenvalue weighted by Crippen LogP contribution is 2.42. The smallest absolute Gasteiger partial charge is 0.324 e. The first-order valence-electron chi connectivity index (χ1n) is 5.56. The molecular formula is C12H15ClF3NS. The van der Waals surface area contributed by atoms with Crippen LogP contribution in [-0.2, 0) is 0 Å². The molecule has 2 rings (SSSR count). The summed E-state index contributed by atoms with van der Waals surface area (Å²) in [5, 5.41) is 0. The van der Waals surface area contributed by atoms with Gasteiger partial charge in [0, 0.05) is 10.9 Å². The Bertz CT molecular complexity index is 393. The molecule has 0 saturated heterocycles. The summed E-state index contributed by atoms with van der Waals surface area (Å²) in [6.45, 7) is 0. The molecule has 102 valence electrons. The van der Waals surface area contributed by atoms with E-state index in [4.69, 9.17) is 5.73 Å². The summed E-state index contributed by atoms with van der Waals surface area (Å²) < 4.78 is 37.1. The zero-order valence-electron chi connectivity index (χ0n) is 9.61. The van der Waals surface area contributed by atoms with Crippen LogP contribution in [0.1, 0.15) is 30.9 Å². The third kappa shape index (κ3) is 4.71. The molecule has 18 heavy (non-hydrogen) atoms. The number of hydrogen-bond acceptors (Lipinski definition) is 2. The van der Waals surface area contributed by atoms with Gasteiger partial charge < -0.3 is 5.73 Å². The van der Waals surface area contributed by atoms with Crippen molar-refractivity contribution < 1.29 is 13.2 Å². The van der Waals surface area contributed by atoms with Gasteiger partial charge in [0.25, 0.3) is 0 Å². The van der Waals surface area contributed by atoms with Crippen LogP contribution in [0.25, 0.3) is 0 Å². The van der Waals surface area contributed by atoms with E-state index < -0.39 is 5.51 Å². The first-order valence-corrected chi connectivity index (χ1v) is 6.37. The molecular weight excluding hydrogens is 283 g/mol. The van der Waals surface area contributed by atoms with Crippen molar-refractivity contribution in [1.29, 1.82) is 0 Å². The van der Waals surface area contributed by atoms with Crippen LogP contribution >= 0.6 is 24.2 Å². The van der Waals surface area contributed by atoms with Gasteiger partial charge in [-0.25, -0.2) is 0 Å². The van der Waals surface area contributed by atoms with E-state index in [2.05, 4.69) is 0 Å². The molecule has 6 heteroatoms. The quantitative estimate of drug-likeness (QED) is 0.827. The fourth-order valence-corrected chi connectivity index (χ4v) is 2.58. The number of thioether (sulfide) groups is 1. The number of alkyl halides is 3. The van der Waals surface area contributed by atoms with Crippen molar-refractivity contribution in [3.63, 3.8) is 0 Å². The summed E-state index contributed by atoms with van der Waals surface area (Å²) in [7, 11) is 0. The Morgan fingerprint density at radius 2 is 1.89 bits per heavy atom. The summed E-state index contributed by atoms with van der Waals surface area (Å²) in [5.41, 5.74) is 2.33. The van der Waals surface area contributed by atoms with Gasteiger partial charge in [0.1, 0.15) is 0 Å². The highest BCUT2D eigenvalue weighted by Gasteiger charge is 2.32. The number of benzene rings is 1. The molecule has 1 aliphatic rings. The normalized spacial score (nSPS) is 17.1. The van der Waals surface area contributed by atoms with Crippen molar-refractivity contribution in [2.75, 3.05) is 0 Å². The van der Waals surface area contributed by atoms with Gasteiger partial charge in [0.2, 0.25) is 0 Å². The van der Waals surface area contributed by atoms with Gasteiger partial charge in [0.15, 0.2) is 0 Å². The van der Waals surface area contributed by atoms with Crippen LogP contribution in [0.4, 0.5) is 13.2 Å². The summed E-state index contributed by atoms with van der Waals surface area (Å²) in [5.74, 6) is 0.606. The van der Waals surface area contributed by atoms with Crippen LogP contribution in [-0.4, -0.2) is 5.51 Å². The molecule has 1 aromatic carbocycles. The van der Waals surface area contributed by atoms with E-state index in [1.807, 2.05) is 0 Å². The van der Waals surface area contributed by atoms with Crippen LogP contribution in [0.5, 0.6) is 0 Å². The summed E-state index contributed by atoms with van der Waals surface area (Å²) in [6, 6.07) is 6.25. The molecule has 1 saturated carbocycles. The monoisotopic (exact) mass is 297 g/mol. The van der Waals surface area contributed by atoms with Crippen molar-refractivity contribution in [3.8, 4) is 0 Å². The minimum absolute atomic E-state index is 0. The minimum Gasteiger partial charge on any atom is -0.324 e. The second-order valence-corrected chi connectivity index (χ2v) is 5.48. The Morgan fingerprint density at radius 3 is 2.44 bits per heavy atom. The second kappa shape index (κ2) is 6.17. The number of halogens is 4. The average molecular weight is 298 g/mol. The standard InChI is InChI=1S/C12H14F3NS.ClH/c13-12(14,15)17-11-4-2-1-3-9(11)10(16)7-8-5-6-8;/h1-4,8,10H,5-7,16H2;1H/t10-;/m0./s1. The zero-order valence-corrected chi connectivity index (χ0v) is 11.2. The second-order valence-electron chi connectivity index (χ2n) is 4.37. The zero-order chi connectivity index (χ0) is 12.5. The first kappa shape index (κ1) is 15.7. The molecule has 1 aliphatic carbocycles. The maximum Gasteiger partial charge on any atom is 0.446 e.